The van der Waals surface area contributed by atoms with Crippen LogP contribution in [0.5, 0.6) is 0 Å². The molecule has 18 heavy (non-hydrogen) atoms. The molecule has 0 bridgehead atoms. The van der Waals surface area contributed by atoms with E-state index in [9.17, 15) is 9.59 Å². The Morgan fingerprint density at radius 2 is 1.89 bits per heavy atom. The molecule has 0 saturated heterocycles. The van der Waals surface area contributed by atoms with Crippen LogP contribution in [0.25, 0.3) is 0 Å². The number of Topliss-reactive ketones (excluding diaryl/α,β-unsaturated/α-hetero) is 1. The van der Waals surface area contributed by atoms with Gasteiger partial charge in [-0.15, -0.1) is 0 Å². The van der Waals surface area contributed by atoms with Crippen LogP contribution in [-0.2, 0) is 25.7 Å². The number of hydrogen-bond acceptors (Lipinski definition) is 4. The van der Waals surface area contributed by atoms with Crippen LogP contribution in [0, 0.1) is 0 Å². The van der Waals surface area contributed by atoms with Crippen LogP contribution < -0.4 is 0 Å². The molecule has 0 heterocycles. The zero-order valence-corrected chi connectivity index (χ0v) is 10.5. The molecule has 0 atom stereocenters. The maximum Gasteiger partial charge on any atom is 0.345 e. The molecule has 1 rings (SSSR count). The van der Waals surface area contributed by atoms with E-state index in [0.29, 0.717) is 6.61 Å². The summed E-state index contributed by atoms with van der Waals surface area (Å²) in [5.41, 5.74) is 0.790. The molecule has 0 fully saturated rings. The van der Waals surface area contributed by atoms with Crippen molar-refractivity contribution in [2.24, 2.45) is 0 Å². The van der Waals surface area contributed by atoms with Gasteiger partial charge in [0, 0.05) is 0 Å². The molecule has 0 N–H and O–H groups in total. The van der Waals surface area contributed by atoms with Gasteiger partial charge in [-0.3, -0.25) is 4.79 Å². The Kier molecular flexibility index (Phi) is 5.64. The lowest BCUT2D eigenvalue weighted by Crippen LogP contribution is -2.14. The summed E-state index contributed by atoms with van der Waals surface area (Å²) in [6.45, 7) is 3.59. The fourth-order valence-electron chi connectivity index (χ4n) is 1.24. The van der Waals surface area contributed by atoms with Gasteiger partial charge < -0.3 is 9.47 Å². The first-order valence-electron chi connectivity index (χ1n) is 5.69. The molecule has 0 aliphatic rings. The van der Waals surface area contributed by atoms with E-state index in [4.69, 9.17) is 9.47 Å². The summed E-state index contributed by atoms with van der Waals surface area (Å²) in [6.07, 6.45) is 1.15. The van der Waals surface area contributed by atoms with Crippen molar-refractivity contribution in [1.82, 2.24) is 0 Å². The molecule has 4 nitrogen and oxygen atoms in total. The normalized spacial score (nSPS) is 10.9. The minimum atomic E-state index is -0.667. The topological polar surface area (TPSA) is 52.6 Å². The van der Waals surface area contributed by atoms with Crippen LogP contribution in [0.1, 0.15) is 19.4 Å². The van der Waals surface area contributed by atoms with Crippen LogP contribution in [0.15, 0.2) is 42.2 Å². The van der Waals surface area contributed by atoms with Crippen molar-refractivity contribution in [3.63, 3.8) is 0 Å². The largest absolute Gasteiger partial charge is 0.500 e. The Balaban J connectivity index is 2.60. The lowest BCUT2D eigenvalue weighted by molar-refractivity contribution is -0.141. The predicted molar refractivity (Wildman–Crippen MR) is 66.6 cm³/mol. The third-order valence-electron chi connectivity index (χ3n) is 2.18. The highest BCUT2D eigenvalue weighted by Gasteiger charge is 2.16. The molecule has 4 heteroatoms. The molecule has 0 aliphatic carbocycles. The van der Waals surface area contributed by atoms with Crippen molar-refractivity contribution in [2.75, 3.05) is 6.61 Å². The third kappa shape index (κ3) is 4.41. The summed E-state index contributed by atoms with van der Waals surface area (Å²) in [7, 11) is 0. The molecule has 1 aromatic rings. The van der Waals surface area contributed by atoms with E-state index < -0.39 is 5.97 Å². The fourth-order valence-corrected chi connectivity index (χ4v) is 1.24. The van der Waals surface area contributed by atoms with Gasteiger partial charge in [-0.2, -0.15) is 0 Å². The van der Waals surface area contributed by atoms with Gasteiger partial charge in [-0.1, -0.05) is 30.3 Å². The van der Waals surface area contributed by atoms with Gasteiger partial charge in [0.05, 0.1) is 6.61 Å². The first-order chi connectivity index (χ1) is 8.65. The van der Waals surface area contributed by atoms with Gasteiger partial charge in [0.1, 0.15) is 18.4 Å². The van der Waals surface area contributed by atoms with E-state index in [1.165, 1.54) is 6.92 Å². The molecular formula is C14H16O4. The average molecular weight is 248 g/mol. The molecule has 0 saturated carbocycles. The minimum absolute atomic E-state index is 0.0761. The Hall–Kier alpha value is -2.10. The Bertz CT molecular complexity index is 434. The Morgan fingerprint density at radius 1 is 1.22 bits per heavy atom. The smallest absolute Gasteiger partial charge is 0.345 e. The third-order valence-corrected chi connectivity index (χ3v) is 2.18. The molecule has 0 aromatic heterocycles. The van der Waals surface area contributed by atoms with Gasteiger partial charge in [0.2, 0.25) is 0 Å². The second-order valence-electron chi connectivity index (χ2n) is 3.60. The number of ketones is 1. The van der Waals surface area contributed by atoms with Crippen LogP contribution in [0.4, 0.5) is 0 Å². The van der Waals surface area contributed by atoms with Crippen LogP contribution in [-0.4, -0.2) is 18.4 Å². The quantitative estimate of drug-likeness (QED) is 0.255. The summed E-state index contributed by atoms with van der Waals surface area (Å²) in [6, 6.07) is 9.26. The van der Waals surface area contributed by atoms with E-state index in [-0.39, 0.29) is 18.0 Å². The molecule has 0 spiro atoms. The molecule has 0 aliphatic heterocycles. The summed E-state index contributed by atoms with van der Waals surface area (Å²) >= 11 is 0. The predicted octanol–water partition coefficient (Wildman–Crippen LogP) is 2.24. The highest BCUT2D eigenvalue weighted by molar-refractivity contribution is 6.16. The SMILES string of the molecule is CCO/C=C(\C(C)=O)C(=O)OCc1ccccc1. The molecule has 0 radical (unpaired) electrons. The molecule has 0 amide bonds. The van der Waals surface area contributed by atoms with Gasteiger partial charge in [-0.05, 0) is 19.4 Å². The van der Waals surface area contributed by atoms with Crippen molar-refractivity contribution in [2.45, 2.75) is 20.5 Å². The molecule has 96 valence electrons. The van der Waals surface area contributed by atoms with Gasteiger partial charge in [0.25, 0.3) is 0 Å². The maximum absolute atomic E-state index is 11.7. The second kappa shape index (κ2) is 7.27. The van der Waals surface area contributed by atoms with Crippen LogP contribution in [0.3, 0.4) is 0 Å². The summed E-state index contributed by atoms with van der Waals surface area (Å²) in [4.78, 5) is 22.9. The van der Waals surface area contributed by atoms with E-state index in [0.717, 1.165) is 11.8 Å². The minimum Gasteiger partial charge on any atom is -0.500 e. The zero-order chi connectivity index (χ0) is 13.4. The number of esters is 1. The lowest BCUT2D eigenvalue weighted by atomic mass is 10.2. The van der Waals surface area contributed by atoms with Gasteiger partial charge >= 0.3 is 5.97 Å². The van der Waals surface area contributed by atoms with Crippen molar-refractivity contribution >= 4 is 11.8 Å². The highest BCUT2D eigenvalue weighted by Crippen LogP contribution is 2.06. The highest BCUT2D eigenvalue weighted by atomic mass is 16.5. The zero-order valence-electron chi connectivity index (χ0n) is 10.5. The first kappa shape index (κ1) is 14.0. The lowest BCUT2D eigenvalue weighted by Gasteiger charge is -2.06. The molecular weight excluding hydrogens is 232 g/mol. The number of hydrogen-bond donors (Lipinski definition) is 0. The van der Waals surface area contributed by atoms with Gasteiger partial charge in [-0.25, -0.2) is 4.79 Å². The number of benzene rings is 1. The van der Waals surface area contributed by atoms with Gasteiger partial charge in [0.15, 0.2) is 5.78 Å². The Morgan fingerprint density at radius 3 is 2.44 bits per heavy atom. The fraction of sp³-hybridized carbons (Fsp3) is 0.286. The van der Waals surface area contributed by atoms with Crippen molar-refractivity contribution < 1.29 is 19.1 Å². The number of carbonyl (C=O) groups is 2. The summed E-state index contributed by atoms with van der Waals surface area (Å²) in [5.74, 6) is -1.04. The first-order valence-corrected chi connectivity index (χ1v) is 5.69. The van der Waals surface area contributed by atoms with Crippen LogP contribution in [0.2, 0.25) is 0 Å². The maximum atomic E-state index is 11.7. The van der Waals surface area contributed by atoms with E-state index in [1.807, 2.05) is 30.3 Å². The molecule has 1 aromatic carbocycles. The Labute approximate surface area is 106 Å². The number of ether oxygens (including phenoxy) is 2. The second-order valence-corrected chi connectivity index (χ2v) is 3.60. The van der Waals surface area contributed by atoms with E-state index >= 15 is 0 Å². The van der Waals surface area contributed by atoms with Crippen molar-refractivity contribution in [3.05, 3.63) is 47.7 Å². The molecule has 0 unspecified atom stereocenters. The van der Waals surface area contributed by atoms with Crippen molar-refractivity contribution in [3.8, 4) is 0 Å². The van der Waals surface area contributed by atoms with E-state index in [2.05, 4.69) is 0 Å². The van der Waals surface area contributed by atoms with E-state index in [1.54, 1.807) is 6.92 Å². The standard InChI is InChI=1S/C14H16O4/c1-3-17-10-13(11(2)15)14(16)18-9-12-7-5-4-6-8-12/h4-8,10H,3,9H2,1-2H3/b13-10+. The van der Waals surface area contributed by atoms with Crippen LogP contribution >= 0.6 is 0 Å². The number of rotatable bonds is 6. The number of carbonyl (C=O) groups excluding carboxylic acids is 2. The summed E-state index contributed by atoms with van der Waals surface area (Å²) in [5, 5.41) is 0. The summed E-state index contributed by atoms with van der Waals surface area (Å²) < 4.78 is 9.99. The van der Waals surface area contributed by atoms with Crippen molar-refractivity contribution in [1.29, 1.82) is 0 Å². The average Bonchev–Trinajstić information content (AvgIpc) is 2.37. The monoisotopic (exact) mass is 248 g/mol.